The number of hydrogen-bond donors (Lipinski definition) is 1. The first-order valence-electron chi connectivity index (χ1n) is 8.85. The van der Waals surface area contributed by atoms with Crippen LogP contribution >= 0.6 is 34.8 Å². The number of hydrogen-bond acceptors (Lipinski definition) is 5. The molecule has 162 valence electrons. The van der Waals surface area contributed by atoms with E-state index in [4.69, 9.17) is 39.5 Å². The fourth-order valence-corrected chi connectivity index (χ4v) is 3.45. The fraction of sp³-hybridized carbons (Fsp3) is 0.200. The number of nitrogens with one attached hydrogen (secondary N) is 1. The summed E-state index contributed by atoms with van der Waals surface area (Å²) in [6.07, 6.45) is 0. The van der Waals surface area contributed by atoms with E-state index in [1.165, 1.54) is 32.4 Å². The SMILES string of the molecule is COc1ccc(Cl)cc1NC(=O)CN(C)C(=O)CN1C(=O)c2cc(Cl)c(Cl)cc2C1=O. The highest BCUT2D eigenvalue weighted by molar-refractivity contribution is 6.43. The second kappa shape index (κ2) is 9.13. The van der Waals surface area contributed by atoms with E-state index in [9.17, 15) is 19.2 Å². The highest BCUT2D eigenvalue weighted by Crippen LogP contribution is 2.31. The maximum Gasteiger partial charge on any atom is 0.262 e. The van der Waals surface area contributed by atoms with E-state index in [2.05, 4.69) is 5.32 Å². The van der Waals surface area contributed by atoms with Gasteiger partial charge in [-0.05, 0) is 30.3 Å². The fourth-order valence-electron chi connectivity index (χ4n) is 2.95. The Hall–Kier alpha value is -2.81. The molecule has 0 bridgehead atoms. The molecule has 0 saturated carbocycles. The van der Waals surface area contributed by atoms with Gasteiger partial charge in [-0.3, -0.25) is 24.1 Å². The van der Waals surface area contributed by atoms with Gasteiger partial charge in [0.1, 0.15) is 12.3 Å². The lowest BCUT2D eigenvalue weighted by molar-refractivity contribution is -0.133. The molecule has 0 spiro atoms. The lowest BCUT2D eigenvalue weighted by Crippen LogP contribution is -2.43. The number of carbonyl (C=O) groups is 4. The van der Waals surface area contributed by atoms with Crippen molar-refractivity contribution in [2.24, 2.45) is 0 Å². The predicted molar refractivity (Wildman–Crippen MR) is 116 cm³/mol. The maximum absolute atomic E-state index is 12.5. The van der Waals surface area contributed by atoms with Crippen LogP contribution in [0.4, 0.5) is 5.69 Å². The molecular weight excluding hydrogens is 469 g/mol. The topological polar surface area (TPSA) is 96.0 Å². The first kappa shape index (κ1) is 22.9. The third-order valence-electron chi connectivity index (χ3n) is 4.55. The number of fused-ring (bicyclic) bond motifs is 1. The van der Waals surface area contributed by atoms with Crippen LogP contribution in [-0.4, -0.2) is 60.7 Å². The summed E-state index contributed by atoms with van der Waals surface area (Å²) in [5.41, 5.74) is 0.483. The number of nitrogens with zero attached hydrogens (tertiary/aromatic N) is 2. The van der Waals surface area contributed by atoms with Crippen molar-refractivity contribution >= 4 is 64.1 Å². The van der Waals surface area contributed by atoms with E-state index in [1.807, 2.05) is 0 Å². The molecule has 31 heavy (non-hydrogen) atoms. The molecule has 0 radical (unpaired) electrons. The smallest absolute Gasteiger partial charge is 0.262 e. The minimum atomic E-state index is -0.659. The molecule has 0 aliphatic carbocycles. The van der Waals surface area contributed by atoms with Gasteiger partial charge >= 0.3 is 0 Å². The van der Waals surface area contributed by atoms with E-state index in [0.717, 1.165) is 9.80 Å². The van der Waals surface area contributed by atoms with Gasteiger partial charge in [0.05, 0.1) is 40.5 Å². The highest BCUT2D eigenvalue weighted by Gasteiger charge is 2.38. The summed E-state index contributed by atoms with van der Waals surface area (Å²) >= 11 is 17.8. The van der Waals surface area contributed by atoms with Crippen molar-refractivity contribution in [1.29, 1.82) is 0 Å². The molecule has 2 aromatic rings. The van der Waals surface area contributed by atoms with Crippen molar-refractivity contribution in [1.82, 2.24) is 9.80 Å². The van der Waals surface area contributed by atoms with Crippen molar-refractivity contribution in [2.75, 3.05) is 32.6 Å². The standard InChI is InChI=1S/C20H16Cl3N3O5/c1-25(8-17(27)24-15-5-10(21)3-4-16(15)31-2)18(28)9-26-19(29)11-6-13(22)14(23)7-12(11)20(26)30/h3-7H,8-9H2,1-2H3,(H,24,27). The lowest BCUT2D eigenvalue weighted by Gasteiger charge is -2.20. The third kappa shape index (κ3) is 4.76. The third-order valence-corrected chi connectivity index (χ3v) is 5.50. The average molecular weight is 485 g/mol. The second-order valence-electron chi connectivity index (χ2n) is 6.65. The molecule has 1 N–H and O–H groups in total. The van der Waals surface area contributed by atoms with Crippen molar-refractivity contribution in [3.63, 3.8) is 0 Å². The van der Waals surface area contributed by atoms with Crippen LogP contribution in [0.5, 0.6) is 5.75 Å². The molecule has 2 aromatic carbocycles. The number of ether oxygens (including phenoxy) is 1. The number of anilines is 1. The molecule has 3 rings (SSSR count). The molecule has 1 heterocycles. The summed E-state index contributed by atoms with van der Waals surface area (Å²) in [7, 11) is 2.82. The summed E-state index contributed by atoms with van der Waals surface area (Å²) in [5, 5.41) is 3.25. The molecule has 1 aliphatic heterocycles. The number of amides is 4. The quantitative estimate of drug-likeness (QED) is 0.635. The van der Waals surface area contributed by atoms with Gasteiger partial charge in [-0.25, -0.2) is 0 Å². The van der Waals surface area contributed by atoms with Gasteiger partial charge in [0.15, 0.2) is 0 Å². The van der Waals surface area contributed by atoms with Crippen molar-refractivity contribution in [3.8, 4) is 5.75 Å². The molecule has 8 nitrogen and oxygen atoms in total. The number of halogens is 3. The Morgan fingerprint density at radius 2 is 1.61 bits per heavy atom. The molecular formula is C20H16Cl3N3O5. The molecule has 4 amide bonds. The minimum Gasteiger partial charge on any atom is -0.495 e. The maximum atomic E-state index is 12.5. The summed E-state index contributed by atoms with van der Waals surface area (Å²) in [6, 6.07) is 7.29. The highest BCUT2D eigenvalue weighted by atomic mass is 35.5. The van der Waals surface area contributed by atoms with E-state index in [0.29, 0.717) is 16.5 Å². The van der Waals surface area contributed by atoms with Crippen LogP contribution in [0.1, 0.15) is 20.7 Å². The van der Waals surface area contributed by atoms with Gasteiger partial charge in [0.25, 0.3) is 11.8 Å². The van der Waals surface area contributed by atoms with Crippen LogP contribution in [0.15, 0.2) is 30.3 Å². The molecule has 0 atom stereocenters. The van der Waals surface area contributed by atoms with E-state index < -0.39 is 30.2 Å². The van der Waals surface area contributed by atoms with Gasteiger partial charge < -0.3 is 15.0 Å². The Morgan fingerprint density at radius 3 is 2.16 bits per heavy atom. The average Bonchev–Trinajstić information content (AvgIpc) is 2.92. The first-order valence-corrected chi connectivity index (χ1v) is 9.98. The number of likely N-dealkylation sites (N-methyl/N-ethyl adjacent to an activating group) is 1. The zero-order valence-corrected chi connectivity index (χ0v) is 18.6. The molecule has 1 aliphatic rings. The van der Waals surface area contributed by atoms with Gasteiger partial charge in [0, 0.05) is 12.1 Å². The van der Waals surface area contributed by atoms with Crippen LogP contribution in [0.2, 0.25) is 15.1 Å². The normalized spacial score (nSPS) is 12.6. The summed E-state index contributed by atoms with van der Waals surface area (Å²) in [6.45, 7) is -0.860. The Morgan fingerprint density at radius 1 is 1.03 bits per heavy atom. The van der Waals surface area contributed by atoms with Crippen molar-refractivity contribution < 1.29 is 23.9 Å². The summed E-state index contributed by atoms with van der Waals surface area (Å²) < 4.78 is 5.16. The Kier molecular flexibility index (Phi) is 6.74. The van der Waals surface area contributed by atoms with Gasteiger partial charge in [-0.15, -0.1) is 0 Å². The largest absolute Gasteiger partial charge is 0.495 e. The number of imide groups is 1. The van der Waals surface area contributed by atoms with Crippen LogP contribution in [0.25, 0.3) is 0 Å². The predicted octanol–water partition coefficient (Wildman–Crippen LogP) is 3.35. The van der Waals surface area contributed by atoms with E-state index in [1.54, 1.807) is 12.1 Å². The van der Waals surface area contributed by atoms with Gasteiger partial charge in [-0.1, -0.05) is 34.8 Å². The van der Waals surface area contributed by atoms with Gasteiger partial charge in [-0.2, -0.15) is 0 Å². The molecule has 0 unspecified atom stereocenters. The molecule has 11 heteroatoms. The Labute approximate surface area is 192 Å². The molecule has 0 aromatic heterocycles. The zero-order chi connectivity index (χ0) is 22.9. The van der Waals surface area contributed by atoms with Crippen LogP contribution < -0.4 is 10.1 Å². The number of methoxy groups -OCH3 is 1. The molecule has 0 saturated heterocycles. The first-order chi connectivity index (χ1) is 14.6. The number of benzene rings is 2. The summed E-state index contributed by atoms with van der Waals surface area (Å²) in [4.78, 5) is 51.8. The van der Waals surface area contributed by atoms with E-state index >= 15 is 0 Å². The number of rotatable bonds is 6. The lowest BCUT2D eigenvalue weighted by atomic mass is 10.1. The second-order valence-corrected chi connectivity index (χ2v) is 7.90. The number of carbonyl (C=O) groups excluding carboxylic acids is 4. The van der Waals surface area contributed by atoms with Crippen LogP contribution in [0.3, 0.4) is 0 Å². The minimum absolute atomic E-state index is 0.0700. The Balaban J connectivity index is 1.65. The monoisotopic (exact) mass is 483 g/mol. The van der Waals surface area contributed by atoms with Crippen molar-refractivity contribution in [2.45, 2.75) is 0 Å². The van der Waals surface area contributed by atoms with E-state index in [-0.39, 0.29) is 27.7 Å². The Bertz CT molecular complexity index is 1060. The van der Waals surface area contributed by atoms with Crippen molar-refractivity contribution in [3.05, 3.63) is 56.5 Å². The zero-order valence-electron chi connectivity index (χ0n) is 16.4. The molecule has 0 fully saturated rings. The van der Waals surface area contributed by atoms with Crippen LogP contribution in [-0.2, 0) is 9.59 Å². The van der Waals surface area contributed by atoms with Crippen LogP contribution in [0, 0.1) is 0 Å². The van der Waals surface area contributed by atoms with Gasteiger partial charge in [0.2, 0.25) is 11.8 Å². The summed E-state index contributed by atoms with van der Waals surface area (Å²) in [5.74, 6) is -2.05.